The molecular weight excluding hydrogens is 1230 g/mol. The summed E-state index contributed by atoms with van der Waals surface area (Å²) in [5, 5.41) is 49.3. The normalized spacial score (nSPS) is 31.8. The summed E-state index contributed by atoms with van der Waals surface area (Å²) in [6.45, 7) is 2.30. The monoisotopic (exact) mass is 1310 g/mol. The number of esters is 1. The molecule has 15 atom stereocenters. The molecule has 0 aromatic heterocycles. The standard InChI is InChI=1S/C80H88N4O9S2/c1-45(86)91-43-63-57-19-20-58-70-51(35-55(87)36-67(70)90-3)38-79-30-27-50(37-79)60-33-47-13-9-15-53(31-47)80(28-7-8-29-80)64-23-17-49(18-24-65-56(60)22-26-69(81)84-65)71-61(40-82-39-52(41-85)62(64)42-89-2)74(88)77-59(72(71)75(63)92-76(57)73(58)79)21-25-66-78(93-77)68(34-46-11-5-4-6-12-46)95-94-44-48-14-10-16-54(32-48)83-66/h4-6,9,11-13,15,19-22,25-26,31,35-36,48-50,52,54,60,62-64,66,68-69,75,78,82-85,87-88H,7-8,10,14,16,27-30,32-34,37-44,81H2,1-3H3. The molecule has 11 bridgehead atoms. The molecule has 11 aliphatic rings. The van der Waals surface area contributed by atoms with Crippen molar-refractivity contribution in [1.82, 2.24) is 16.0 Å². The molecule has 3 saturated carbocycles. The second-order valence-corrected chi connectivity index (χ2v) is 31.9. The van der Waals surface area contributed by atoms with E-state index in [9.17, 15) is 20.1 Å². The fraction of sp³-hybridized carbons (Fsp3) is 0.487. The number of aliphatic hydroxyl groups excluding tert-OH is 1. The predicted molar refractivity (Wildman–Crippen MR) is 374 cm³/mol. The number of fused-ring (bicyclic) bond motifs is 16. The van der Waals surface area contributed by atoms with Crippen LogP contribution in [0.1, 0.15) is 151 Å². The van der Waals surface area contributed by atoms with Gasteiger partial charge in [0.25, 0.3) is 0 Å². The van der Waals surface area contributed by atoms with Crippen molar-refractivity contribution < 1.29 is 43.8 Å². The molecule has 5 aromatic carbocycles. The molecule has 15 unspecified atom stereocenters. The summed E-state index contributed by atoms with van der Waals surface area (Å²) >= 11 is 0. The number of methoxy groups -OCH3 is 2. The van der Waals surface area contributed by atoms with Crippen LogP contribution in [-0.4, -0.2) is 97.2 Å². The van der Waals surface area contributed by atoms with Crippen molar-refractivity contribution in [3.63, 3.8) is 0 Å². The molecule has 0 amide bonds. The minimum absolute atomic E-state index is 0.00119. The first kappa shape index (κ1) is 63.0. The summed E-state index contributed by atoms with van der Waals surface area (Å²) in [4.78, 5) is 13.6. The number of rotatable bonds is 8. The van der Waals surface area contributed by atoms with Crippen molar-refractivity contribution in [2.75, 3.05) is 46.3 Å². The van der Waals surface area contributed by atoms with E-state index < -0.39 is 47.0 Å². The topological polar surface area (TPSA) is 186 Å². The lowest BCUT2D eigenvalue weighted by Gasteiger charge is -2.42. The Balaban J connectivity index is 1.03. The van der Waals surface area contributed by atoms with Crippen molar-refractivity contribution >= 4 is 33.6 Å². The number of aliphatic hydroxyl groups is 1. The number of dihydropyridines is 1. The number of hydrogen-bond acceptors (Lipinski definition) is 15. The van der Waals surface area contributed by atoms with Crippen molar-refractivity contribution in [1.29, 1.82) is 0 Å². The van der Waals surface area contributed by atoms with Gasteiger partial charge in [-0.15, -0.1) is 0 Å². The lowest BCUT2D eigenvalue weighted by Crippen LogP contribution is -2.52. The van der Waals surface area contributed by atoms with Crippen LogP contribution in [0.5, 0.6) is 28.7 Å². The highest BCUT2D eigenvalue weighted by atomic mass is 33.1. The first-order chi connectivity index (χ1) is 46.4. The number of phenolic OH excluding ortho intramolecular Hbond substituents is 2. The third-order valence-electron chi connectivity index (χ3n) is 23.8. The number of carbonyl (C=O) groups excluding carboxylic acids is 1. The maximum atomic E-state index is 14.1. The third-order valence-corrected chi connectivity index (χ3v) is 26.8. The van der Waals surface area contributed by atoms with E-state index in [4.69, 9.17) is 29.4 Å². The van der Waals surface area contributed by atoms with Crippen LogP contribution in [0, 0.1) is 59.2 Å². The number of aromatic hydroxyl groups is 2. The Kier molecular flexibility index (Phi) is 17.2. The Hall–Kier alpha value is -6.79. The van der Waals surface area contributed by atoms with Gasteiger partial charge in [0.05, 0.1) is 42.8 Å². The summed E-state index contributed by atoms with van der Waals surface area (Å²) < 4.78 is 35.0. The van der Waals surface area contributed by atoms with Gasteiger partial charge in [-0.2, -0.15) is 0 Å². The Labute approximate surface area is 567 Å². The number of carbonyl (C=O) groups is 1. The first-order valence-electron chi connectivity index (χ1n) is 35.0. The lowest BCUT2D eigenvalue weighted by molar-refractivity contribution is -0.141. The van der Waals surface area contributed by atoms with Crippen molar-refractivity contribution in [3.05, 3.63) is 164 Å². The summed E-state index contributed by atoms with van der Waals surface area (Å²) in [5.41, 5.74) is 19.4. The van der Waals surface area contributed by atoms with Crippen LogP contribution in [0.25, 0.3) is 17.2 Å². The highest BCUT2D eigenvalue weighted by molar-refractivity contribution is 8.77. The molecule has 13 nitrogen and oxygen atoms in total. The van der Waals surface area contributed by atoms with Gasteiger partial charge in [-0.25, -0.2) is 0 Å². The Morgan fingerprint density at radius 1 is 0.895 bits per heavy atom. The second kappa shape index (κ2) is 25.9. The molecule has 8 N–H and O–H groups in total. The maximum Gasteiger partial charge on any atom is 0.302 e. The molecule has 1 saturated heterocycles. The lowest BCUT2D eigenvalue weighted by atomic mass is 9.61. The van der Waals surface area contributed by atoms with Gasteiger partial charge >= 0.3 is 5.97 Å². The van der Waals surface area contributed by atoms with Crippen molar-refractivity contribution in [3.8, 4) is 63.6 Å². The third kappa shape index (κ3) is 11.3. The maximum absolute atomic E-state index is 14.1. The predicted octanol–water partition coefficient (Wildman–Crippen LogP) is 12.5. The van der Waals surface area contributed by atoms with Gasteiger partial charge in [0, 0.05) is 114 Å². The average molecular weight is 1310 g/mol. The smallest absolute Gasteiger partial charge is 0.302 e. The van der Waals surface area contributed by atoms with Crippen LogP contribution in [0.3, 0.4) is 0 Å². The van der Waals surface area contributed by atoms with Crippen molar-refractivity contribution in [2.24, 2.45) is 41.2 Å². The zero-order chi connectivity index (χ0) is 64.7. The molecule has 5 aromatic rings. The van der Waals surface area contributed by atoms with Crippen LogP contribution in [0.2, 0.25) is 0 Å². The number of nitrogens with one attached hydrogen (secondary N) is 3. The zero-order valence-corrected chi connectivity index (χ0v) is 56.4. The summed E-state index contributed by atoms with van der Waals surface area (Å²) in [6, 6.07) is 28.2. The molecule has 4 fully saturated rings. The first-order valence-corrected chi connectivity index (χ1v) is 37.4. The average Bonchev–Trinajstić information content (AvgIpc) is 1.61. The summed E-state index contributed by atoms with van der Waals surface area (Å²) in [5.74, 6) is 17.0. The van der Waals surface area contributed by atoms with Gasteiger partial charge < -0.3 is 60.7 Å². The molecule has 95 heavy (non-hydrogen) atoms. The van der Waals surface area contributed by atoms with E-state index in [2.05, 4.69) is 131 Å². The molecule has 494 valence electrons. The number of phenols is 2. The SMILES string of the molecule is COCC1C(CO)CNCc2c(O)c3c(c4c2C2C#CC5=C(C=CC(N)N5)C(Cc5cccc(c5)C5(CCCC5)C1C#C2)C1CCC2(Cc5cc(O)cc(OC)c5-c5ccc6c(c52)OC4C6COC(C)=O)C1)C=CC1NC2CCCC(CSSC(Cc4ccccc4)C1O3)C2. The fourth-order valence-corrected chi connectivity index (χ4v) is 22.8. The Morgan fingerprint density at radius 2 is 1.77 bits per heavy atom. The number of ether oxygens (including phenoxy) is 5. The van der Waals surface area contributed by atoms with Gasteiger partial charge in [0.2, 0.25) is 0 Å². The van der Waals surface area contributed by atoms with E-state index in [0.717, 1.165) is 133 Å². The van der Waals surface area contributed by atoms with Crippen LogP contribution >= 0.6 is 21.6 Å². The summed E-state index contributed by atoms with van der Waals surface area (Å²) in [6.07, 6.45) is 20.1. The Bertz CT molecular complexity index is 4060. The fourth-order valence-electron chi connectivity index (χ4n) is 19.6. The molecule has 15 heteroatoms. The number of hydrogen-bond donors (Lipinski definition) is 7. The van der Waals surface area contributed by atoms with E-state index in [0.29, 0.717) is 53.7 Å². The minimum Gasteiger partial charge on any atom is -0.508 e. The van der Waals surface area contributed by atoms with Gasteiger partial charge in [0.15, 0.2) is 11.5 Å². The van der Waals surface area contributed by atoms with Gasteiger partial charge in [-0.05, 0) is 145 Å². The molecule has 2 spiro atoms. The second-order valence-electron chi connectivity index (χ2n) is 29.3. The molecule has 6 aliphatic heterocycles. The molecule has 0 radical (unpaired) electrons. The van der Waals surface area contributed by atoms with Gasteiger partial charge in [0.1, 0.15) is 42.0 Å². The van der Waals surface area contributed by atoms with E-state index in [1.807, 2.05) is 27.7 Å². The van der Waals surface area contributed by atoms with Crippen LogP contribution in [0.15, 0.2) is 108 Å². The number of benzene rings is 5. The highest BCUT2D eigenvalue weighted by Crippen LogP contribution is 2.65. The molecule has 6 heterocycles. The van der Waals surface area contributed by atoms with E-state index in [1.54, 1.807) is 20.3 Å². The van der Waals surface area contributed by atoms with Gasteiger partial charge in [-0.3, -0.25) is 4.79 Å². The van der Waals surface area contributed by atoms with Crippen LogP contribution in [-0.2, 0) is 50.9 Å². The number of nitrogens with two attached hydrogens (primary N) is 1. The van der Waals surface area contributed by atoms with Crippen LogP contribution < -0.4 is 35.9 Å². The summed E-state index contributed by atoms with van der Waals surface area (Å²) in [7, 11) is 7.30. The zero-order valence-electron chi connectivity index (χ0n) is 54.7. The molecule has 5 aliphatic carbocycles. The van der Waals surface area contributed by atoms with Crippen LogP contribution in [0.4, 0.5) is 0 Å². The quantitative estimate of drug-likeness (QED) is 0.0442. The van der Waals surface area contributed by atoms with E-state index in [1.165, 1.54) is 30.0 Å². The molecule has 16 rings (SSSR count). The number of allylic oxidation sites excluding steroid dienone is 3. The largest absolute Gasteiger partial charge is 0.508 e. The van der Waals surface area contributed by atoms with E-state index >= 15 is 0 Å². The van der Waals surface area contributed by atoms with Gasteiger partial charge in [-0.1, -0.05) is 144 Å². The molecular formula is C80H88N4O9S2. The van der Waals surface area contributed by atoms with Crippen molar-refractivity contribution in [2.45, 2.75) is 162 Å². The Morgan fingerprint density at radius 3 is 2.60 bits per heavy atom. The van der Waals surface area contributed by atoms with E-state index in [-0.39, 0.29) is 78.2 Å². The highest BCUT2D eigenvalue weighted by Gasteiger charge is 2.55. The minimum atomic E-state index is -0.877.